The molecule has 0 spiro atoms. The first-order chi connectivity index (χ1) is 21.0. The number of benzene rings is 2. The molecule has 1 heterocycles. The van der Waals surface area contributed by atoms with Gasteiger partial charge in [-0.1, -0.05) is 0 Å². The molecule has 23 heteroatoms. The third kappa shape index (κ3) is 3.71. The highest BCUT2D eigenvalue weighted by Crippen LogP contribution is 2.61. The summed E-state index contributed by atoms with van der Waals surface area (Å²) in [6.07, 6.45) is 0. The molecule has 1 aliphatic carbocycles. The minimum atomic E-state index is -5.82. The number of likely N-dealkylation sites (tertiary alicyclic amines) is 1. The van der Waals surface area contributed by atoms with Crippen LogP contribution in [-0.2, 0) is 12.3 Å². The van der Waals surface area contributed by atoms with Crippen LogP contribution in [0, 0.1) is 0 Å². The highest BCUT2D eigenvalue weighted by Gasteiger charge is 2.94. The van der Waals surface area contributed by atoms with Crippen LogP contribution in [-0.4, -0.2) is 162 Å². The number of carbonyl (C=O) groups is 1. The molecule has 0 radical (unpaired) electrons. The van der Waals surface area contributed by atoms with E-state index in [9.17, 15) is 102 Å². The number of phenolic OH excluding ortho intramolecular Hbond substituents is 5. The van der Waals surface area contributed by atoms with Gasteiger partial charge in [0, 0.05) is 17.7 Å². The van der Waals surface area contributed by atoms with E-state index in [-0.39, 0.29) is 0 Å². The highest BCUT2D eigenvalue weighted by molar-refractivity contribution is 6.09. The number of rotatable bonds is 6. The number of aromatic hydroxyl groups is 5. The van der Waals surface area contributed by atoms with Gasteiger partial charge in [0.25, 0.3) is 23.4 Å². The van der Waals surface area contributed by atoms with Crippen molar-refractivity contribution in [1.29, 1.82) is 0 Å². The maximum atomic E-state index is 13.4. The lowest BCUT2D eigenvalue weighted by atomic mass is 9.62. The molecule has 262 valence electrons. The Morgan fingerprint density at radius 3 is 1.45 bits per heavy atom. The number of Topliss-reactive ketones (excluding diaryl/α,β-unsaturated/α-hetero) is 1. The number of aliphatic hydroxyl groups is 14. The van der Waals surface area contributed by atoms with Gasteiger partial charge in [-0.2, -0.15) is 4.90 Å². The second-order valence-electron chi connectivity index (χ2n) is 10.8. The third-order valence-electron chi connectivity index (χ3n) is 8.47. The Morgan fingerprint density at radius 2 is 1.04 bits per heavy atom. The molecule has 19 N–H and O–H groups in total. The van der Waals surface area contributed by atoms with Crippen molar-refractivity contribution in [3.05, 3.63) is 28.8 Å². The Hall–Kier alpha value is -3.89. The lowest BCUT2D eigenvalue weighted by molar-refractivity contribution is -0.626. The summed E-state index contributed by atoms with van der Waals surface area (Å²) in [6, 6.07) is 1.12. The molecule has 1 aliphatic heterocycles. The van der Waals surface area contributed by atoms with E-state index in [0.717, 1.165) is 14.2 Å². The largest absolute Gasteiger partial charge is 0.504 e. The lowest BCUT2D eigenvalue weighted by Gasteiger charge is -2.66. The fourth-order valence-corrected chi connectivity index (χ4v) is 5.64. The van der Waals surface area contributed by atoms with Crippen molar-refractivity contribution in [2.75, 3.05) is 14.2 Å². The van der Waals surface area contributed by atoms with Crippen LogP contribution in [0.25, 0.3) is 0 Å². The van der Waals surface area contributed by atoms with Crippen LogP contribution < -0.4 is 9.47 Å². The summed E-state index contributed by atoms with van der Waals surface area (Å²) in [5.74, 6) is -43.5. The fourth-order valence-electron chi connectivity index (χ4n) is 5.64. The fraction of sp³-hybridized carbons (Fsp3) is 0.458. The Kier molecular flexibility index (Phi) is 7.52. The van der Waals surface area contributed by atoms with Crippen molar-refractivity contribution in [3.8, 4) is 40.2 Å². The van der Waals surface area contributed by atoms with E-state index in [0.29, 0.717) is 12.1 Å². The molecule has 1 saturated heterocycles. The molecule has 0 aromatic heterocycles. The summed E-state index contributed by atoms with van der Waals surface area (Å²) < 4.78 is 9.82. The van der Waals surface area contributed by atoms with E-state index in [4.69, 9.17) is 9.47 Å². The van der Waals surface area contributed by atoms with Gasteiger partial charge in [-0.05, 0) is 12.1 Å². The molecule has 47 heavy (non-hydrogen) atoms. The van der Waals surface area contributed by atoms with Crippen LogP contribution in [0.15, 0.2) is 12.1 Å². The zero-order valence-electron chi connectivity index (χ0n) is 23.5. The van der Waals surface area contributed by atoms with E-state index in [1.807, 2.05) is 0 Å². The average Bonchev–Trinajstić information content (AvgIpc) is 3.13. The van der Waals surface area contributed by atoms with Gasteiger partial charge in [-0.3, -0.25) is 4.79 Å². The predicted molar refractivity (Wildman–Crippen MR) is 136 cm³/mol. The number of hydrogen-bond acceptors (Lipinski definition) is 23. The van der Waals surface area contributed by atoms with Crippen LogP contribution in [0.5, 0.6) is 40.2 Å². The van der Waals surface area contributed by atoms with Crippen LogP contribution in [0.3, 0.4) is 0 Å². The first kappa shape index (κ1) is 36.0. The molecule has 0 saturated carbocycles. The van der Waals surface area contributed by atoms with Crippen molar-refractivity contribution in [2.24, 2.45) is 0 Å². The van der Waals surface area contributed by atoms with E-state index in [1.165, 1.54) is 0 Å². The van der Waals surface area contributed by atoms with Gasteiger partial charge in [0.15, 0.2) is 23.0 Å². The number of methoxy groups -OCH3 is 2. The maximum Gasteiger partial charge on any atom is 0.290 e. The van der Waals surface area contributed by atoms with E-state index in [1.54, 1.807) is 0 Å². The number of fused-ring (bicyclic) bond motifs is 1. The zero-order chi connectivity index (χ0) is 36.5. The molecule has 1 atom stereocenters. The number of piperidine rings is 1. The molecular formula is C24H29NO22. The van der Waals surface area contributed by atoms with Gasteiger partial charge in [-0.15, -0.1) is 0 Å². The molecule has 2 aromatic rings. The number of hydrogen-bond donors (Lipinski definition) is 19. The summed E-state index contributed by atoms with van der Waals surface area (Å²) >= 11 is 0. The smallest absolute Gasteiger partial charge is 0.290 e. The first-order valence-electron chi connectivity index (χ1n) is 12.4. The van der Waals surface area contributed by atoms with Crippen molar-refractivity contribution in [2.45, 2.75) is 52.7 Å². The molecule has 2 aliphatic rings. The molecule has 4 rings (SSSR count). The maximum absolute atomic E-state index is 13.4. The van der Waals surface area contributed by atoms with Gasteiger partial charge >= 0.3 is 0 Å². The van der Waals surface area contributed by atoms with E-state index >= 15 is 0 Å². The van der Waals surface area contributed by atoms with Crippen LogP contribution in [0.1, 0.15) is 21.5 Å². The summed E-state index contributed by atoms with van der Waals surface area (Å²) in [6.45, 7) is -2.12. The monoisotopic (exact) mass is 683 g/mol. The number of phenols is 5. The van der Waals surface area contributed by atoms with Crippen LogP contribution >= 0.6 is 0 Å². The molecule has 0 amide bonds. The Labute approximate surface area is 258 Å². The number of ketones is 1. The number of ether oxygens (including phenoxy) is 2. The standard InChI is InChI=1S/C24H29NO22/c1-46-9-3-6-8(4-10(9)47-2)18(33,34)17(32,16(6)31)20(36,37)19(35)21(38,39)23(42,43)25(24(44,45)22(19,40)41)5-7-11(26)13(28)15(30)14(29)12(7)27/h3-4,26-30,32-45H,5H2,1-2H3. The highest BCUT2D eigenvalue weighted by atomic mass is 16.7. The molecule has 2 aromatic carbocycles. The number of nitrogens with zero attached hydrogens (tertiary/aromatic N) is 1. The van der Waals surface area contributed by atoms with Crippen molar-refractivity contribution >= 4 is 5.78 Å². The van der Waals surface area contributed by atoms with Crippen molar-refractivity contribution < 1.29 is 111 Å². The van der Waals surface area contributed by atoms with Gasteiger partial charge < -0.3 is 106 Å². The summed E-state index contributed by atoms with van der Waals surface area (Å²) in [4.78, 5) is 12.3. The molecule has 1 fully saturated rings. The second kappa shape index (κ2) is 9.82. The SMILES string of the molecule is COc1cc2c(cc1OC)C(O)(O)C(O)(C(O)(O)C1(O)C(O)(O)C(O)(O)N(Cc3c(O)c(O)c(O)c(O)c3O)C(O)(O)C1(O)O)C2=O. The lowest BCUT2D eigenvalue weighted by Crippen LogP contribution is -2.99. The first-order valence-corrected chi connectivity index (χ1v) is 12.4. The second-order valence-corrected chi connectivity index (χ2v) is 10.8. The minimum Gasteiger partial charge on any atom is -0.504 e. The Bertz CT molecular complexity index is 1610. The quantitative estimate of drug-likeness (QED) is 0.0763. The average molecular weight is 683 g/mol. The molecular weight excluding hydrogens is 654 g/mol. The van der Waals surface area contributed by atoms with Crippen LogP contribution in [0.2, 0.25) is 0 Å². The van der Waals surface area contributed by atoms with Gasteiger partial charge in [0.2, 0.25) is 45.8 Å². The van der Waals surface area contributed by atoms with Gasteiger partial charge in [0.05, 0.1) is 19.8 Å². The van der Waals surface area contributed by atoms with E-state index in [2.05, 4.69) is 0 Å². The number of carbonyl (C=O) groups excluding carboxylic acids is 1. The normalized spacial score (nSPS) is 25.3. The Balaban J connectivity index is 2.00. The summed E-state index contributed by atoms with van der Waals surface area (Å²) in [5, 5.41) is 203. The summed E-state index contributed by atoms with van der Waals surface area (Å²) in [5.41, 5.74) is -14.7. The predicted octanol–water partition coefficient (Wildman–Crippen LogP) is -8.14. The van der Waals surface area contributed by atoms with Crippen molar-refractivity contribution in [3.63, 3.8) is 0 Å². The minimum absolute atomic E-state index is 0.405. The summed E-state index contributed by atoms with van der Waals surface area (Å²) in [7, 11) is 1.99. The van der Waals surface area contributed by atoms with Gasteiger partial charge in [-0.25, -0.2) is 0 Å². The van der Waals surface area contributed by atoms with Crippen molar-refractivity contribution in [1.82, 2.24) is 4.90 Å². The van der Waals surface area contributed by atoms with Gasteiger partial charge in [0.1, 0.15) is 0 Å². The van der Waals surface area contributed by atoms with Crippen LogP contribution in [0.4, 0.5) is 0 Å². The topological polar surface area (TPSA) is 423 Å². The Morgan fingerprint density at radius 1 is 0.660 bits per heavy atom. The third-order valence-corrected chi connectivity index (χ3v) is 8.47. The molecule has 23 nitrogen and oxygen atoms in total. The molecule has 1 unspecified atom stereocenters. The van der Waals surface area contributed by atoms with E-state index < -0.39 is 120 Å². The molecule has 0 bridgehead atoms. The zero-order valence-corrected chi connectivity index (χ0v) is 23.5.